The summed E-state index contributed by atoms with van der Waals surface area (Å²) in [7, 11) is 0. The number of aromatic hydroxyl groups is 1. The van der Waals surface area contributed by atoms with Crippen LogP contribution in [0.2, 0.25) is 0 Å². The van der Waals surface area contributed by atoms with Crippen molar-refractivity contribution >= 4 is 5.82 Å². The van der Waals surface area contributed by atoms with E-state index in [1.54, 1.807) is 35.0 Å². The molecular weight excluding hydrogens is 218 g/mol. The summed E-state index contributed by atoms with van der Waals surface area (Å²) in [5.74, 6) is 1.18. The molecule has 1 aromatic carbocycles. The summed E-state index contributed by atoms with van der Waals surface area (Å²) in [6.07, 6.45) is 0. The lowest BCUT2D eigenvalue weighted by Gasteiger charge is -2.05. The molecule has 0 saturated carbocycles. The molecule has 1 aromatic heterocycles. The van der Waals surface area contributed by atoms with Crippen LogP contribution in [0.15, 0.2) is 30.3 Å². The van der Waals surface area contributed by atoms with Gasteiger partial charge in [0.1, 0.15) is 18.1 Å². The van der Waals surface area contributed by atoms with Gasteiger partial charge in [-0.25, -0.2) is 0 Å². The van der Waals surface area contributed by atoms with Gasteiger partial charge in [0.25, 0.3) is 0 Å². The number of aromatic nitrogens is 2. The van der Waals surface area contributed by atoms with E-state index in [0.29, 0.717) is 11.6 Å². The van der Waals surface area contributed by atoms with Crippen LogP contribution in [0.4, 0.5) is 5.82 Å². The lowest BCUT2D eigenvalue weighted by Crippen LogP contribution is -2.02. The lowest BCUT2D eigenvalue weighted by molar-refractivity contribution is 0.283. The molecule has 2 rings (SSSR count). The van der Waals surface area contributed by atoms with E-state index >= 15 is 0 Å². The van der Waals surface area contributed by atoms with Gasteiger partial charge in [0.15, 0.2) is 11.5 Å². The average molecular weight is 233 g/mol. The zero-order valence-corrected chi connectivity index (χ0v) is 9.63. The van der Waals surface area contributed by atoms with E-state index in [1.807, 2.05) is 6.92 Å². The molecule has 3 N–H and O–H groups in total. The summed E-state index contributed by atoms with van der Waals surface area (Å²) in [6, 6.07) is 8.59. The normalized spacial score (nSPS) is 10.4. The van der Waals surface area contributed by atoms with Crippen molar-refractivity contribution in [2.75, 3.05) is 5.73 Å². The number of ether oxygens (including phenoxy) is 1. The third kappa shape index (κ3) is 2.50. The molecule has 0 spiro atoms. The Morgan fingerprint density at radius 2 is 2.18 bits per heavy atom. The fourth-order valence-corrected chi connectivity index (χ4v) is 1.54. The maximum absolute atomic E-state index is 9.52. The van der Waals surface area contributed by atoms with E-state index in [2.05, 4.69) is 5.10 Å². The Kier molecular flexibility index (Phi) is 3.18. The van der Waals surface area contributed by atoms with E-state index in [4.69, 9.17) is 10.5 Å². The van der Waals surface area contributed by atoms with E-state index in [1.165, 1.54) is 0 Å². The molecule has 0 aliphatic rings. The molecule has 0 aliphatic heterocycles. The highest BCUT2D eigenvalue weighted by atomic mass is 16.5. The van der Waals surface area contributed by atoms with Gasteiger partial charge < -0.3 is 15.6 Å². The number of phenols is 1. The van der Waals surface area contributed by atoms with Gasteiger partial charge in [-0.1, -0.05) is 12.1 Å². The number of nitrogens with zero attached hydrogens (tertiary/aromatic N) is 2. The SMILES string of the molecule is CCn1nc(COc2ccccc2O)cc1N. The minimum absolute atomic E-state index is 0.121. The molecule has 1 heterocycles. The number of para-hydroxylation sites is 2. The Labute approximate surface area is 99.4 Å². The molecule has 0 atom stereocenters. The molecule has 0 aliphatic carbocycles. The van der Waals surface area contributed by atoms with Crippen LogP contribution in [0.1, 0.15) is 12.6 Å². The van der Waals surface area contributed by atoms with Gasteiger partial charge >= 0.3 is 0 Å². The number of rotatable bonds is 4. The number of nitrogens with two attached hydrogens (primary N) is 1. The largest absolute Gasteiger partial charge is 0.504 e. The number of hydrogen-bond donors (Lipinski definition) is 2. The van der Waals surface area contributed by atoms with E-state index in [9.17, 15) is 5.11 Å². The number of anilines is 1. The van der Waals surface area contributed by atoms with Crippen LogP contribution in [0.5, 0.6) is 11.5 Å². The molecule has 90 valence electrons. The zero-order valence-electron chi connectivity index (χ0n) is 9.63. The molecule has 0 amide bonds. The first-order valence-electron chi connectivity index (χ1n) is 5.43. The summed E-state index contributed by atoms with van der Waals surface area (Å²) in [5, 5.41) is 13.8. The quantitative estimate of drug-likeness (QED) is 0.844. The van der Waals surface area contributed by atoms with Crippen molar-refractivity contribution in [3.05, 3.63) is 36.0 Å². The topological polar surface area (TPSA) is 73.3 Å². The number of nitrogen functional groups attached to an aromatic ring is 1. The first kappa shape index (κ1) is 11.3. The first-order valence-corrected chi connectivity index (χ1v) is 5.43. The van der Waals surface area contributed by atoms with Crippen LogP contribution < -0.4 is 10.5 Å². The standard InChI is InChI=1S/C12H15N3O2/c1-2-15-12(13)7-9(14-15)8-17-11-6-4-3-5-10(11)16/h3-7,16H,2,8,13H2,1H3. The van der Waals surface area contributed by atoms with Crippen molar-refractivity contribution < 1.29 is 9.84 Å². The third-order valence-corrected chi connectivity index (χ3v) is 2.40. The van der Waals surface area contributed by atoms with Crippen molar-refractivity contribution in [3.63, 3.8) is 0 Å². The van der Waals surface area contributed by atoms with Gasteiger partial charge in [0, 0.05) is 12.6 Å². The average Bonchev–Trinajstić information content (AvgIpc) is 2.69. The van der Waals surface area contributed by atoms with Gasteiger partial charge in [0.2, 0.25) is 0 Å². The number of hydrogen-bond acceptors (Lipinski definition) is 4. The van der Waals surface area contributed by atoms with Crippen molar-refractivity contribution in [1.82, 2.24) is 9.78 Å². The molecule has 0 radical (unpaired) electrons. The van der Waals surface area contributed by atoms with Gasteiger partial charge in [0.05, 0.1) is 0 Å². The molecule has 5 heteroatoms. The highest BCUT2D eigenvalue weighted by Gasteiger charge is 2.06. The highest BCUT2D eigenvalue weighted by molar-refractivity contribution is 5.38. The maximum Gasteiger partial charge on any atom is 0.161 e. The van der Waals surface area contributed by atoms with Crippen LogP contribution in [-0.4, -0.2) is 14.9 Å². The number of phenolic OH excluding ortho intramolecular Hbond substituents is 1. The molecular formula is C12H15N3O2. The summed E-state index contributed by atoms with van der Waals surface area (Å²) in [4.78, 5) is 0. The predicted octanol–water partition coefficient (Wildman–Crippen LogP) is 1.77. The second-order valence-electron chi connectivity index (χ2n) is 3.63. The highest BCUT2D eigenvalue weighted by Crippen LogP contribution is 2.25. The smallest absolute Gasteiger partial charge is 0.161 e. The number of benzene rings is 1. The molecule has 0 fully saturated rings. The molecule has 2 aromatic rings. The Morgan fingerprint density at radius 3 is 2.82 bits per heavy atom. The first-order chi connectivity index (χ1) is 8.20. The van der Waals surface area contributed by atoms with Gasteiger partial charge in [-0.3, -0.25) is 4.68 Å². The fraction of sp³-hybridized carbons (Fsp3) is 0.250. The maximum atomic E-state index is 9.52. The van der Waals surface area contributed by atoms with Gasteiger partial charge in [-0.05, 0) is 19.1 Å². The summed E-state index contributed by atoms with van der Waals surface area (Å²) >= 11 is 0. The Balaban J connectivity index is 2.05. The molecule has 17 heavy (non-hydrogen) atoms. The van der Waals surface area contributed by atoms with E-state index < -0.39 is 0 Å². The lowest BCUT2D eigenvalue weighted by atomic mass is 10.3. The van der Waals surface area contributed by atoms with E-state index in [-0.39, 0.29) is 12.4 Å². The molecule has 0 saturated heterocycles. The van der Waals surface area contributed by atoms with Crippen LogP contribution in [0.3, 0.4) is 0 Å². The van der Waals surface area contributed by atoms with Gasteiger partial charge in [-0.15, -0.1) is 0 Å². The second kappa shape index (κ2) is 4.78. The number of aryl methyl sites for hydroxylation is 1. The van der Waals surface area contributed by atoms with E-state index in [0.717, 1.165) is 12.2 Å². The monoisotopic (exact) mass is 233 g/mol. The van der Waals surface area contributed by atoms with Crippen LogP contribution >= 0.6 is 0 Å². The summed E-state index contributed by atoms with van der Waals surface area (Å²) in [6.45, 7) is 2.98. The second-order valence-corrected chi connectivity index (χ2v) is 3.63. The Bertz CT molecular complexity index is 508. The predicted molar refractivity (Wildman–Crippen MR) is 64.8 cm³/mol. The van der Waals surface area contributed by atoms with Crippen molar-refractivity contribution in [2.24, 2.45) is 0 Å². The van der Waals surface area contributed by atoms with Crippen molar-refractivity contribution in [3.8, 4) is 11.5 Å². The minimum atomic E-state index is 0.121. The fourth-order valence-electron chi connectivity index (χ4n) is 1.54. The van der Waals surface area contributed by atoms with Gasteiger partial charge in [-0.2, -0.15) is 5.10 Å². The van der Waals surface area contributed by atoms with Crippen molar-refractivity contribution in [2.45, 2.75) is 20.1 Å². The summed E-state index contributed by atoms with van der Waals surface area (Å²) in [5.41, 5.74) is 6.49. The van der Waals surface area contributed by atoms with Crippen LogP contribution in [0, 0.1) is 0 Å². The Morgan fingerprint density at radius 1 is 1.41 bits per heavy atom. The van der Waals surface area contributed by atoms with Crippen LogP contribution in [-0.2, 0) is 13.2 Å². The minimum Gasteiger partial charge on any atom is -0.504 e. The molecule has 0 unspecified atom stereocenters. The molecule has 0 bridgehead atoms. The van der Waals surface area contributed by atoms with Crippen LogP contribution in [0.25, 0.3) is 0 Å². The Hall–Kier alpha value is -2.17. The summed E-state index contributed by atoms with van der Waals surface area (Å²) < 4.78 is 7.15. The zero-order chi connectivity index (χ0) is 12.3. The van der Waals surface area contributed by atoms with Crippen molar-refractivity contribution in [1.29, 1.82) is 0 Å². The molecule has 5 nitrogen and oxygen atoms in total. The third-order valence-electron chi connectivity index (χ3n) is 2.40.